The second-order valence-electron chi connectivity index (χ2n) is 8.34. The predicted molar refractivity (Wildman–Crippen MR) is 140 cm³/mol. The van der Waals surface area contributed by atoms with Gasteiger partial charge in [0, 0.05) is 19.6 Å². The summed E-state index contributed by atoms with van der Waals surface area (Å²) < 4.78 is 29.3. The maximum Gasteiger partial charge on any atom is 0.253 e. The van der Waals surface area contributed by atoms with Crippen LogP contribution in [-0.4, -0.2) is 67.3 Å². The molecular weight excluding hydrogens is 488 g/mol. The molecule has 2 aromatic heterocycles. The van der Waals surface area contributed by atoms with Gasteiger partial charge in [-0.1, -0.05) is 50.3 Å². The van der Waals surface area contributed by atoms with E-state index in [4.69, 9.17) is 4.98 Å². The van der Waals surface area contributed by atoms with Gasteiger partial charge in [-0.25, -0.2) is 13.4 Å². The smallest absolute Gasteiger partial charge is 0.253 e. The summed E-state index contributed by atoms with van der Waals surface area (Å²) in [6, 6.07) is 8.76. The first-order valence-electron chi connectivity index (χ1n) is 11.9. The van der Waals surface area contributed by atoms with Crippen molar-refractivity contribution in [2.75, 3.05) is 37.6 Å². The topological polar surface area (TPSA) is 73.8 Å². The Morgan fingerprint density at radius 3 is 2.62 bits per heavy atom. The molecule has 0 bridgehead atoms. The van der Waals surface area contributed by atoms with Crippen LogP contribution >= 0.6 is 22.7 Å². The minimum absolute atomic E-state index is 0.179. The first-order valence-corrected chi connectivity index (χ1v) is 15.0. The molecule has 0 spiro atoms. The van der Waals surface area contributed by atoms with Crippen molar-refractivity contribution in [3.63, 3.8) is 0 Å². The summed E-state index contributed by atoms with van der Waals surface area (Å²) >= 11 is 2.70. The minimum atomic E-state index is -3.70. The van der Waals surface area contributed by atoms with E-state index in [1.165, 1.54) is 27.0 Å². The minimum Gasteiger partial charge on any atom is -0.302 e. The number of anilines is 1. The van der Waals surface area contributed by atoms with Crippen LogP contribution in [0, 0.1) is 0 Å². The first kappa shape index (κ1) is 25.2. The molecule has 184 valence electrons. The van der Waals surface area contributed by atoms with E-state index in [0.717, 1.165) is 35.3 Å². The number of para-hydroxylation sites is 1. The number of thiazole rings is 1. The van der Waals surface area contributed by atoms with Crippen LogP contribution in [0.4, 0.5) is 5.13 Å². The van der Waals surface area contributed by atoms with Gasteiger partial charge in [0.05, 0.1) is 10.2 Å². The van der Waals surface area contributed by atoms with Gasteiger partial charge in [0.2, 0.25) is 5.91 Å². The van der Waals surface area contributed by atoms with Crippen molar-refractivity contribution in [1.29, 1.82) is 0 Å². The van der Waals surface area contributed by atoms with Gasteiger partial charge in [0.1, 0.15) is 10.3 Å². The van der Waals surface area contributed by atoms with Crippen molar-refractivity contribution >= 4 is 54.0 Å². The highest BCUT2D eigenvalue weighted by molar-refractivity contribution is 7.91. The molecule has 1 saturated heterocycles. The second kappa shape index (κ2) is 10.8. The van der Waals surface area contributed by atoms with Gasteiger partial charge in [-0.3, -0.25) is 9.69 Å². The monoisotopic (exact) mass is 520 g/mol. The molecular formula is C24H32N4O3S3. The van der Waals surface area contributed by atoms with Gasteiger partial charge < -0.3 is 4.90 Å². The van der Waals surface area contributed by atoms with E-state index < -0.39 is 16.1 Å². The molecule has 0 N–H and O–H groups in total. The number of benzene rings is 1. The number of likely N-dealkylation sites (N-methyl/N-ethyl adjacent to an activating group) is 1. The third-order valence-corrected chi connectivity index (χ3v) is 10.8. The van der Waals surface area contributed by atoms with Gasteiger partial charge >= 0.3 is 0 Å². The molecule has 0 radical (unpaired) electrons. The van der Waals surface area contributed by atoms with E-state index >= 15 is 0 Å². The number of aryl methyl sites for hydroxylation is 1. The van der Waals surface area contributed by atoms with Crippen molar-refractivity contribution < 1.29 is 13.2 Å². The zero-order valence-corrected chi connectivity index (χ0v) is 22.4. The van der Waals surface area contributed by atoms with E-state index in [-0.39, 0.29) is 10.1 Å². The molecule has 0 aliphatic carbocycles. The molecule has 1 aromatic carbocycles. The van der Waals surface area contributed by atoms with Gasteiger partial charge in [-0.2, -0.15) is 4.31 Å². The highest BCUT2D eigenvalue weighted by atomic mass is 32.2. The molecule has 3 heterocycles. The maximum atomic E-state index is 14.0. The molecule has 1 aliphatic heterocycles. The average molecular weight is 521 g/mol. The Labute approximate surface area is 210 Å². The largest absolute Gasteiger partial charge is 0.302 e. The van der Waals surface area contributed by atoms with E-state index in [2.05, 4.69) is 31.7 Å². The summed E-state index contributed by atoms with van der Waals surface area (Å²) in [5.74, 6) is -0.179. The molecule has 1 amide bonds. The molecule has 1 fully saturated rings. The number of carbonyl (C=O) groups excluding carboxylic acids is 1. The van der Waals surface area contributed by atoms with Crippen molar-refractivity contribution in [3.05, 3.63) is 41.3 Å². The summed E-state index contributed by atoms with van der Waals surface area (Å²) in [6.45, 7) is 9.63. The average Bonchev–Trinajstić information content (AvgIpc) is 3.61. The number of nitrogens with zero attached hydrogens (tertiary/aromatic N) is 4. The molecule has 0 saturated carbocycles. The Balaban J connectivity index is 1.69. The number of sulfonamides is 1. The van der Waals surface area contributed by atoms with Crippen LogP contribution in [0.1, 0.15) is 39.2 Å². The molecule has 1 atom stereocenters. The number of carbonyl (C=O) groups is 1. The number of aromatic nitrogens is 1. The SMILES string of the molecule is CCc1cccc2sc(N(CCN(CC)CC)C(=O)C3CCCN3S(=O)(=O)c3cccs3)nc12. The fourth-order valence-corrected chi connectivity index (χ4v) is 8.27. The molecule has 1 unspecified atom stereocenters. The second-order valence-corrected chi connectivity index (χ2v) is 12.4. The molecule has 3 aromatic rings. The van der Waals surface area contributed by atoms with Crippen LogP contribution in [-0.2, 0) is 21.2 Å². The number of amides is 1. The molecule has 4 rings (SSSR count). The summed E-state index contributed by atoms with van der Waals surface area (Å²) in [5, 5.41) is 2.40. The number of thiophene rings is 1. The Morgan fingerprint density at radius 2 is 1.94 bits per heavy atom. The number of hydrogen-bond acceptors (Lipinski definition) is 7. The zero-order chi connectivity index (χ0) is 24.3. The number of rotatable bonds is 10. The predicted octanol–water partition coefficient (Wildman–Crippen LogP) is 4.45. The normalized spacial score (nSPS) is 17.1. The van der Waals surface area contributed by atoms with Crippen molar-refractivity contribution in [2.45, 2.75) is 50.3 Å². The highest BCUT2D eigenvalue weighted by Gasteiger charge is 2.42. The summed E-state index contributed by atoms with van der Waals surface area (Å²) in [4.78, 5) is 22.8. The Bertz CT molecular complexity index is 1220. The van der Waals surface area contributed by atoms with E-state index in [1.807, 2.05) is 12.1 Å². The molecule has 10 heteroatoms. The van der Waals surface area contributed by atoms with Crippen LogP contribution in [0.15, 0.2) is 39.9 Å². The molecule has 1 aliphatic rings. The van der Waals surface area contributed by atoms with E-state index in [1.54, 1.807) is 22.4 Å². The lowest BCUT2D eigenvalue weighted by atomic mass is 10.1. The highest BCUT2D eigenvalue weighted by Crippen LogP contribution is 2.34. The standard InChI is InChI=1S/C24H32N4O3S3/c1-4-18-10-7-12-20-22(18)25-24(33-20)27(16-15-26(5-2)6-3)23(29)19-11-8-14-28(19)34(30,31)21-13-9-17-32-21/h7,9-10,12-13,17,19H,4-6,8,11,14-16H2,1-3H3. The quantitative estimate of drug-likeness (QED) is 0.395. The maximum absolute atomic E-state index is 14.0. The summed E-state index contributed by atoms with van der Waals surface area (Å²) in [6.07, 6.45) is 2.06. The lowest BCUT2D eigenvalue weighted by Crippen LogP contribution is -2.49. The van der Waals surface area contributed by atoms with Gasteiger partial charge in [-0.15, -0.1) is 11.3 Å². The van der Waals surface area contributed by atoms with Crippen molar-refractivity contribution in [2.24, 2.45) is 0 Å². The van der Waals surface area contributed by atoms with E-state index in [0.29, 0.717) is 37.6 Å². The van der Waals surface area contributed by atoms with Gasteiger partial charge in [0.25, 0.3) is 10.0 Å². The van der Waals surface area contributed by atoms with Crippen LogP contribution in [0.3, 0.4) is 0 Å². The lowest BCUT2D eigenvalue weighted by Gasteiger charge is -2.29. The van der Waals surface area contributed by atoms with Crippen LogP contribution < -0.4 is 4.90 Å². The Hall–Kier alpha value is -1.85. The fourth-order valence-electron chi connectivity index (χ4n) is 4.46. The molecule has 7 nitrogen and oxygen atoms in total. The van der Waals surface area contributed by atoms with Crippen LogP contribution in [0.5, 0.6) is 0 Å². The Morgan fingerprint density at radius 1 is 1.15 bits per heavy atom. The van der Waals surface area contributed by atoms with Gasteiger partial charge in [-0.05, 0) is 55.4 Å². The molecule has 34 heavy (non-hydrogen) atoms. The van der Waals surface area contributed by atoms with Gasteiger partial charge in [0.15, 0.2) is 5.13 Å². The lowest BCUT2D eigenvalue weighted by molar-refractivity contribution is -0.121. The number of hydrogen-bond donors (Lipinski definition) is 0. The first-order chi connectivity index (χ1) is 16.4. The van der Waals surface area contributed by atoms with Crippen molar-refractivity contribution in [3.8, 4) is 0 Å². The summed E-state index contributed by atoms with van der Waals surface area (Å²) in [7, 11) is -3.70. The van der Waals surface area contributed by atoms with Crippen LogP contribution in [0.2, 0.25) is 0 Å². The van der Waals surface area contributed by atoms with E-state index in [9.17, 15) is 13.2 Å². The zero-order valence-electron chi connectivity index (χ0n) is 19.9. The third kappa shape index (κ3) is 4.92. The van der Waals surface area contributed by atoms with Crippen LogP contribution in [0.25, 0.3) is 10.2 Å². The summed E-state index contributed by atoms with van der Waals surface area (Å²) in [5.41, 5.74) is 2.08. The fraction of sp³-hybridized carbons (Fsp3) is 0.500. The third-order valence-electron chi connectivity index (χ3n) is 6.45. The Kier molecular flexibility index (Phi) is 8.04. The van der Waals surface area contributed by atoms with Crippen molar-refractivity contribution in [1.82, 2.24) is 14.2 Å². The number of fused-ring (bicyclic) bond motifs is 1.